The van der Waals surface area contributed by atoms with Gasteiger partial charge in [0.1, 0.15) is 5.82 Å². The van der Waals surface area contributed by atoms with E-state index in [1.165, 1.54) is 0 Å². The number of hydrogen-bond donors (Lipinski definition) is 0. The fourth-order valence-corrected chi connectivity index (χ4v) is 2.65. The number of fused-ring (bicyclic) bond motifs is 1. The van der Waals surface area contributed by atoms with E-state index in [9.17, 15) is 0 Å². The molecule has 19 heavy (non-hydrogen) atoms. The third-order valence-corrected chi connectivity index (χ3v) is 3.61. The van der Waals surface area contributed by atoms with Crippen LogP contribution in [0.1, 0.15) is 5.82 Å². The molecule has 0 fully saturated rings. The van der Waals surface area contributed by atoms with E-state index in [0.717, 1.165) is 27.1 Å². The molecule has 0 radical (unpaired) electrons. The Balaban J connectivity index is 2.29. The van der Waals surface area contributed by atoms with Crippen LogP contribution in [0.2, 0.25) is 0 Å². The summed E-state index contributed by atoms with van der Waals surface area (Å²) in [5, 5.41) is 4.46. The zero-order chi connectivity index (χ0) is 13.4. The maximum absolute atomic E-state index is 5.87. The van der Waals surface area contributed by atoms with Gasteiger partial charge in [0, 0.05) is 36.1 Å². The van der Waals surface area contributed by atoms with E-state index in [-0.39, 0.29) is 0 Å². The van der Waals surface area contributed by atoms with Crippen molar-refractivity contribution >= 4 is 38.6 Å². The molecule has 0 spiro atoms. The molecule has 4 nitrogen and oxygen atoms in total. The van der Waals surface area contributed by atoms with Crippen LogP contribution in [0.3, 0.4) is 0 Å². The zero-order valence-electron chi connectivity index (χ0n) is 10.3. The number of aromatic nitrogens is 4. The van der Waals surface area contributed by atoms with Crippen LogP contribution < -0.4 is 0 Å². The summed E-state index contributed by atoms with van der Waals surface area (Å²) in [6.07, 6.45) is 2.63. The monoisotopic (exact) mass is 338 g/mol. The SMILES string of the molecule is Cn1ccc(-n2c(CCCl)nc3ccc(Br)cc32)n1. The van der Waals surface area contributed by atoms with Gasteiger partial charge in [-0.25, -0.2) is 4.98 Å². The Morgan fingerprint density at radius 2 is 2.16 bits per heavy atom. The van der Waals surface area contributed by atoms with Crippen molar-refractivity contribution in [2.75, 3.05) is 5.88 Å². The van der Waals surface area contributed by atoms with Gasteiger partial charge in [-0.1, -0.05) is 15.9 Å². The summed E-state index contributed by atoms with van der Waals surface area (Å²) in [7, 11) is 1.90. The molecule has 0 atom stereocenters. The van der Waals surface area contributed by atoms with Crippen LogP contribution in [0.4, 0.5) is 0 Å². The topological polar surface area (TPSA) is 35.6 Å². The molecule has 0 bridgehead atoms. The molecule has 6 heteroatoms. The Bertz CT molecular complexity index is 731. The Morgan fingerprint density at radius 1 is 1.32 bits per heavy atom. The number of rotatable bonds is 3. The quantitative estimate of drug-likeness (QED) is 0.686. The molecule has 0 unspecified atom stereocenters. The molecule has 2 heterocycles. The summed E-state index contributed by atoms with van der Waals surface area (Å²) in [5.74, 6) is 2.34. The van der Waals surface area contributed by atoms with E-state index in [2.05, 4.69) is 36.6 Å². The van der Waals surface area contributed by atoms with Crippen molar-refractivity contribution in [3.63, 3.8) is 0 Å². The van der Waals surface area contributed by atoms with Gasteiger partial charge in [0.2, 0.25) is 0 Å². The fraction of sp³-hybridized carbons (Fsp3) is 0.231. The lowest BCUT2D eigenvalue weighted by Gasteiger charge is -2.04. The van der Waals surface area contributed by atoms with E-state index in [1.54, 1.807) is 4.68 Å². The first-order chi connectivity index (χ1) is 9.19. The van der Waals surface area contributed by atoms with E-state index >= 15 is 0 Å². The first-order valence-electron chi connectivity index (χ1n) is 5.92. The number of imidazole rings is 1. The second-order valence-electron chi connectivity index (χ2n) is 4.28. The Kier molecular flexibility index (Phi) is 3.33. The molecular formula is C13H12BrClN4. The Morgan fingerprint density at radius 3 is 2.84 bits per heavy atom. The van der Waals surface area contributed by atoms with Gasteiger partial charge in [-0.15, -0.1) is 11.6 Å². The van der Waals surface area contributed by atoms with Gasteiger partial charge in [-0.05, 0) is 18.2 Å². The van der Waals surface area contributed by atoms with E-state index in [1.807, 2.05) is 31.4 Å². The summed E-state index contributed by atoms with van der Waals surface area (Å²) in [6.45, 7) is 0. The largest absolute Gasteiger partial charge is 0.279 e. The molecule has 0 aliphatic carbocycles. The molecular weight excluding hydrogens is 328 g/mol. The molecule has 3 aromatic rings. The highest BCUT2D eigenvalue weighted by atomic mass is 79.9. The Hall–Kier alpha value is -1.33. The van der Waals surface area contributed by atoms with Gasteiger partial charge in [0.05, 0.1) is 11.0 Å². The zero-order valence-corrected chi connectivity index (χ0v) is 12.7. The summed E-state index contributed by atoms with van der Waals surface area (Å²) in [5.41, 5.74) is 1.99. The first-order valence-corrected chi connectivity index (χ1v) is 7.24. The van der Waals surface area contributed by atoms with Crippen LogP contribution in [-0.2, 0) is 13.5 Å². The smallest absolute Gasteiger partial charge is 0.160 e. The van der Waals surface area contributed by atoms with Crippen LogP contribution in [-0.4, -0.2) is 25.2 Å². The fourth-order valence-electron chi connectivity index (χ4n) is 2.13. The third kappa shape index (κ3) is 2.28. The minimum absolute atomic E-state index is 0.539. The van der Waals surface area contributed by atoms with Gasteiger partial charge in [0.15, 0.2) is 5.82 Å². The summed E-state index contributed by atoms with van der Waals surface area (Å²) < 4.78 is 4.86. The van der Waals surface area contributed by atoms with Crippen molar-refractivity contribution in [1.82, 2.24) is 19.3 Å². The lowest BCUT2D eigenvalue weighted by Crippen LogP contribution is -2.03. The second kappa shape index (κ2) is 4.98. The van der Waals surface area contributed by atoms with Crippen LogP contribution in [0, 0.1) is 0 Å². The van der Waals surface area contributed by atoms with Crippen LogP contribution in [0.25, 0.3) is 16.9 Å². The van der Waals surface area contributed by atoms with Crippen molar-refractivity contribution < 1.29 is 0 Å². The number of nitrogens with zero attached hydrogens (tertiary/aromatic N) is 4. The molecule has 3 rings (SSSR count). The number of alkyl halides is 1. The summed E-state index contributed by atoms with van der Waals surface area (Å²) in [6, 6.07) is 8.01. The highest BCUT2D eigenvalue weighted by Crippen LogP contribution is 2.24. The standard InChI is InChI=1S/C13H12BrClN4/c1-18-7-5-13(17-18)19-11-8-9(14)2-3-10(11)16-12(19)4-6-15/h2-3,5,7-8H,4,6H2,1H3. The van der Waals surface area contributed by atoms with Gasteiger partial charge in [-0.3, -0.25) is 9.25 Å². The van der Waals surface area contributed by atoms with Gasteiger partial charge in [-0.2, -0.15) is 5.10 Å². The molecule has 0 saturated heterocycles. The maximum Gasteiger partial charge on any atom is 0.160 e. The maximum atomic E-state index is 5.87. The summed E-state index contributed by atoms with van der Waals surface area (Å²) >= 11 is 9.37. The lowest BCUT2D eigenvalue weighted by molar-refractivity contribution is 0.746. The number of aryl methyl sites for hydroxylation is 2. The van der Waals surface area contributed by atoms with Crippen molar-refractivity contribution in [1.29, 1.82) is 0 Å². The molecule has 0 N–H and O–H groups in total. The minimum Gasteiger partial charge on any atom is -0.279 e. The number of halogens is 2. The molecule has 0 aliphatic heterocycles. The first kappa shape index (κ1) is 12.7. The molecule has 0 saturated carbocycles. The minimum atomic E-state index is 0.539. The lowest BCUT2D eigenvalue weighted by atomic mass is 10.3. The molecule has 1 aromatic carbocycles. The molecule has 2 aromatic heterocycles. The van der Waals surface area contributed by atoms with Gasteiger partial charge < -0.3 is 0 Å². The van der Waals surface area contributed by atoms with E-state index in [4.69, 9.17) is 11.6 Å². The average molecular weight is 340 g/mol. The number of benzene rings is 1. The number of hydrogen-bond acceptors (Lipinski definition) is 2. The highest BCUT2D eigenvalue weighted by Gasteiger charge is 2.14. The third-order valence-electron chi connectivity index (χ3n) is 2.93. The van der Waals surface area contributed by atoms with Crippen molar-refractivity contribution in [3.8, 4) is 5.82 Å². The van der Waals surface area contributed by atoms with Crippen molar-refractivity contribution in [3.05, 3.63) is 40.8 Å². The highest BCUT2D eigenvalue weighted by molar-refractivity contribution is 9.10. The average Bonchev–Trinajstić information content (AvgIpc) is 2.93. The van der Waals surface area contributed by atoms with Crippen molar-refractivity contribution in [2.24, 2.45) is 7.05 Å². The summed E-state index contributed by atoms with van der Waals surface area (Å²) in [4.78, 5) is 4.64. The van der Waals surface area contributed by atoms with Crippen LogP contribution >= 0.6 is 27.5 Å². The van der Waals surface area contributed by atoms with Gasteiger partial charge in [0.25, 0.3) is 0 Å². The van der Waals surface area contributed by atoms with Gasteiger partial charge >= 0.3 is 0 Å². The van der Waals surface area contributed by atoms with Crippen LogP contribution in [0.15, 0.2) is 34.9 Å². The van der Waals surface area contributed by atoms with E-state index in [0.29, 0.717) is 12.3 Å². The second-order valence-corrected chi connectivity index (χ2v) is 5.58. The molecule has 98 valence electrons. The molecule has 0 aliphatic rings. The predicted octanol–water partition coefficient (Wildman–Crippen LogP) is 3.30. The predicted molar refractivity (Wildman–Crippen MR) is 80.0 cm³/mol. The van der Waals surface area contributed by atoms with Crippen LogP contribution in [0.5, 0.6) is 0 Å². The normalized spacial score (nSPS) is 11.3. The van der Waals surface area contributed by atoms with Crippen molar-refractivity contribution in [2.45, 2.75) is 6.42 Å². The Labute approximate surface area is 124 Å². The molecule has 0 amide bonds. The van der Waals surface area contributed by atoms with E-state index < -0.39 is 0 Å².